The van der Waals surface area contributed by atoms with Crippen molar-refractivity contribution in [1.29, 1.82) is 0 Å². The minimum Gasteiger partial charge on any atom is -0.488 e. The summed E-state index contributed by atoms with van der Waals surface area (Å²) in [4.78, 5) is 4.26. The molecule has 0 bridgehead atoms. The molecule has 0 N–H and O–H groups in total. The Balaban J connectivity index is 1.95. The third kappa shape index (κ3) is 3.08. The highest BCUT2D eigenvalue weighted by molar-refractivity contribution is 6.36. The van der Waals surface area contributed by atoms with Crippen LogP contribution >= 0.6 is 34.8 Å². The quantitative estimate of drug-likeness (QED) is 0.565. The summed E-state index contributed by atoms with van der Waals surface area (Å²) < 4.78 is 5.85. The number of rotatable bonds is 3. The van der Waals surface area contributed by atoms with Gasteiger partial charge in [0, 0.05) is 27.1 Å². The molecule has 21 heavy (non-hydrogen) atoms. The molecule has 1 aromatic heterocycles. The first-order chi connectivity index (χ1) is 10.1. The maximum atomic E-state index is 6.14. The Kier molecular flexibility index (Phi) is 4.20. The number of hydrogen-bond acceptors (Lipinski definition) is 2. The predicted molar refractivity (Wildman–Crippen MR) is 87.5 cm³/mol. The van der Waals surface area contributed by atoms with E-state index in [1.165, 1.54) is 0 Å². The maximum absolute atomic E-state index is 6.14. The lowest BCUT2D eigenvalue weighted by molar-refractivity contribution is 0.310. The number of ether oxygens (including phenoxy) is 1. The van der Waals surface area contributed by atoms with Crippen LogP contribution in [0.15, 0.2) is 48.5 Å². The third-order valence-electron chi connectivity index (χ3n) is 3.08. The van der Waals surface area contributed by atoms with Crippen molar-refractivity contribution in [1.82, 2.24) is 4.98 Å². The van der Waals surface area contributed by atoms with Crippen LogP contribution in [0.2, 0.25) is 15.2 Å². The molecular formula is C16H10Cl3NO. The molecule has 1 heterocycles. The summed E-state index contributed by atoms with van der Waals surface area (Å²) in [6.07, 6.45) is 0. The van der Waals surface area contributed by atoms with Gasteiger partial charge in [-0.05, 0) is 24.3 Å². The van der Waals surface area contributed by atoms with Crippen molar-refractivity contribution in [3.05, 3.63) is 69.3 Å². The van der Waals surface area contributed by atoms with E-state index in [0.29, 0.717) is 20.9 Å². The molecule has 0 saturated heterocycles. The van der Waals surface area contributed by atoms with E-state index in [2.05, 4.69) is 4.98 Å². The number of nitrogens with zero attached hydrogens (tertiary/aromatic N) is 1. The number of hydrogen-bond donors (Lipinski definition) is 0. The smallest absolute Gasteiger partial charge is 0.133 e. The Labute approximate surface area is 137 Å². The van der Waals surface area contributed by atoms with Crippen molar-refractivity contribution in [2.45, 2.75) is 6.61 Å². The molecule has 2 aromatic carbocycles. The van der Waals surface area contributed by atoms with Gasteiger partial charge in [0.1, 0.15) is 17.5 Å². The zero-order valence-corrected chi connectivity index (χ0v) is 13.1. The summed E-state index contributed by atoms with van der Waals surface area (Å²) in [6.45, 7) is 0.267. The van der Waals surface area contributed by atoms with Crippen LogP contribution in [-0.2, 0) is 6.61 Å². The Bertz CT molecular complexity index is 784. The summed E-state index contributed by atoms with van der Waals surface area (Å²) in [6, 6.07) is 14.7. The van der Waals surface area contributed by atoms with Crippen molar-refractivity contribution in [3.63, 3.8) is 0 Å². The van der Waals surface area contributed by atoms with Crippen molar-refractivity contribution in [2.24, 2.45) is 0 Å². The van der Waals surface area contributed by atoms with Gasteiger partial charge in [-0.1, -0.05) is 53.0 Å². The second kappa shape index (κ2) is 6.10. The minimum atomic E-state index is 0.267. The molecule has 0 fully saturated rings. The number of benzene rings is 2. The minimum absolute atomic E-state index is 0.267. The fourth-order valence-corrected chi connectivity index (χ4v) is 2.75. The van der Waals surface area contributed by atoms with Gasteiger partial charge in [0.25, 0.3) is 0 Å². The van der Waals surface area contributed by atoms with Crippen LogP contribution in [0, 0.1) is 0 Å². The number of pyridine rings is 1. The summed E-state index contributed by atoms with van der Waals surface area (Å²) in [7, 11) is 0. The van der Waals surface area contributed by atoms with Crippen LogP contribution in [0.3, 0.4) is 0 Å². The van der Waals surface area contributed by atoms with E-state index < -0.39 is 0 Å². The average Bonchev–Trinajstić information content (AvgIpc) is 2.46. The lowest BCUT2D eigenvalue weighted by Crippen LogP contribution is -1.98. The molecule has 106 valence electrons. The third-order valence-corrected chi connectivity index (χ3v) is 3.98. The molecule has 0 saturated carbocycles. The molecule has 0 aliphatic heterocycles. The fourth-order valence-electron chi connectivity index (χ4n) is 2.05. The van der Waals surface area contributed by atoms with Gasteiger partial charge in [-0.3, -0.25) is 0 Å². The fraction of sp³-hybridized carbons (Fsp3) is 0.0625. The predicted octanol–water partition coefficient (Wildman–Crippen LogP) is 5.77. The highest BCUT2D eigenvalue weighted by atomic mass is 35.5. The number of para-hydroxylation sites is 1. The first-order valence-electron chi connectivity index (χ1n) is 6.26. The topological polar surface area (TPSA) is 22.1 Å². The summed E-state index contributed by atoms with van der Waals surface area (Å²) in [5, 5.41) is 2.43. The van der Waals surface area contributed by atoms with Crippen LogP contribution in [0.5, 0.6) is 5.75 Å². The van der Waals surface area contributed by atoms with Crippen LogP contribution in [0.25, 0.3) is 10.9 Å². The van der Waals surface area contributed by atoms with Crippen LogP contribution in [0.1, 0.15) is 5.56 Å². The molecule has 5 heteroatoms. The van der Waals surface area contributed by atoms with Crippen LogP contribution < -0.4 is 4.74 Å². The molecular weight excluding hydrogens is 329 g/mol. The molecule has 0 aliphatic carbocycles. The van der Waals surface area contributed by atoms with E-state index in [9.17, 15) is 0 Å². The first kappa shape index (κ1) is 14.5. The van der Waals surface area contributed by atoms with Crippen molar-refractivity contribution >= 4 is 45.7 Å². The second-order valence-electron chi connectivity index (χ2n) is 4.45. The summed E-state index contributed by atoms with van der Waals surface area (Å²) in [5.41, 5.74) is 1.53. The lowest BCUT2D eigenvalue weighted by Gasteiger charge is -2.11. The molecule has 0 amide bonds. The summed E-state index contributed by atoms with van der Waals surface area (Å²) >= 11 is 18.3. The molecule has 2 nitrogen and oxygen atoms in total. The van der Waals surface area contributed by atoms with E-state index in [-0.39, 0.29) is 6.61 Å². The van der Waals surface area contributed by atoms with Gasteiger partial charge in [-0.15, -0.1) is 0 Å². The van der Waals surface area contributed by atoms with Crippen molar-refractivity contribution < 1.29 is 4.74 Å². The molecule has 0 aliphatic rings. The van der Waals surface area contributed by atoms with E-state index in [1.807, 2.05) is 24.3 Å². The highest BCUT2D eigenvalue weighted by Crippen LogP contribution is 2.30. The normalized spacial score (nSPS) is 10.8. The largest absolute Gasteiger partial charge is 0.488 e. The van der Waals surface area contributed by atoms with E-state index in [1.54, 1.807) is 24.3 Å². The number of halogens is 3. The SMILES string of the molecule is Clc1cc(OCc2c(Cl)cccc2Cl)c2ccccc2n1. The summed E-state index contributed by atoms with van der Waals surface area (Å²) in [5.74, 6) is 0.654. The van der Waals surface area contributed by atoms with E-state index in [4.69, 9.17) is 39.5 Å². The maximum Gasteiger partial charge on any atom is 0.133 e. The van der Waals surface area contributed by atoms with Gasteiger partial charge in [-0.25, -0.2) is 4.98 Å². The Morgan fingerprint density at radius 2 is 1.62 bits per heavy atom. The Hall–Kier alpha value is -1.48. The van der Waals surface area contributed by atoms with Crippen molar-refractivity contribution in [2.75, 3.05) is 0 Å². The Morgan fingerprint density at radius 1 is 0.905 bits per heavy atom. The van der Waals surface area contributed by atoms with Gasteiger partial charge in [0.2, 0.25) is 0 Å². The Morgan fingerprint density at radius 3 is 2.38 bits per heavy atom. The molecule has 3 rings (SSSR count). The standard InChI is InChI=1S/C16H10Cl3NO/c17-12-5-3-6-13(18)11(12)9-21-15-8-16(19)20-14-7-2-1-4-10(14)15/h1-8H,9H2. The lowest BCUT2D eigenvalue weighted by atomic mass is 10.2. The molecule has 3 aromatic rings. The van der Waals surface area contributed by atoms with E-state index >= 15 is 0 Å². The van der Waals surface area contributed by atoms with Gasteiger partial charge in [-0.2, -0.15) is 0 Å². The van der Waals surface area contributed by atoms with Gasteiger partial charge >= 0.3 is 0 Å². The molecule has 0 radical (unpaired) electrons. The molecule has 0 atom stereocenters. The zero-order valence-electron chi connectivity index (χ0n) is 10.8. The first-order valence-corrected chi connectivity index (χ1v) is 7.39. The average molecular weight is 339 g/mol. The number of fused-ring (bicyclic) bond motifs is 1. The van der Waals surface area contributed by atoms with E-state index in [0.717, 1.165) is 16.5 Å². The van der Waals surface area contributed by atoms with Gasteiger partial charge in [0.15, 0.2) is 0 Å². The molecule has 0 spiro atoms. The van der Waals surface area contributed by atoms with Crippen LogP contribution in [-0.4, -0.2) is 4.98 Å². The second-order valence-corrected chi connectivity index (χ2v) is 5.65. The van der Waals surface area contributed by atoms with Crippen LogP contribution in [0.4, 0.5) is 0 Å². The highest BCUT2D eigenvalue weighted by Gasteiger charge is 2.09. The zero-order chi connectivity index (χ0) is 14.8. The molecule has 0 unspecified atom stereocenters. The van der Waals surface area contributed by atoms with Gasteiger partial charge < -0.3 is 4.74 Å². The monoisotopic (exact) mass is 337 g/mol. The van der Waals surface area contributed by atoms with Crippen molar-refractivity contribution in [3.8, 4) is 5.75 Å². The van der Waals surface area contributed by atoms with Gasteiger partial charge in [0.05, 0.1) is 5.52 Å². The number of aromatic nitrogens is 1.